The number of nitrogens with one attached hydrogen (secondary N) is 1. The first-order chi connectivity index (χ1) is 9.47. The highest BCUT2D eigenvalue weighted by Crippen LogP contribution is 2.19. The van der Waals surface area contributed by atoms with Gasteiger partial charge >= 0.3 is 0 Å². The number of carbonyl (C=O) groups is 1. The van der Waals surface area contributed by atoms with Crippen LogP contribution in [0.1, 0.15) is 38.3 Å². The lowest BCUT2D eigenvalue weighted by atomic mass is 10.0. The van der Waals surface area contributed by atoms with Crippen LogP contribution in [0.3, 0.4) is 0 Å². The molecule has 0 aliphatic rings. The van der Waals surface area contributed by atoms with Crippen LogP contribution in [0.15, 0.2) is 24.3 Å². The van der Waals surface area contributed by atoms with Gasteiger partial charge < -0.3 is 11.1 Å². The standard InChI is InChI=1S/C14H21N3O3/c1-3-11(9-15)7-14(18)16-10(2)12-5-4-6-13(8-12)17(19)20/h4-6,8,10-11H,3,7,9,15H2,1-2H3,(H,16,18). The SMILES string of the molecule is CCC(CN)CC(=O)NC(C)c1cccc([N+](=O)[O-])c1. The molecule has 0 aromatic heterocycles. The zero-order valence-corrected chi connectivity index (χ0v) is 11.8. The van der Waals surface area contributed by atoms with Crippen molar-refractivity contribution in [2.75, 3.05) is 6.54 Å². The minimum absolute atomic E-state index is 0.0250. The molecule has 1 rings (SSSR count). The van der Waals surface area contributed by atoms with Crippen molar-refractivity contribution in [2.24, 2.45) is 11.7 Å². The summed E-state index contributed by atoms with van der Waals surface area (Å²) in [5.74, 6) is 0.0913. The molecule has 0 bridgehead atoms. The number of nitrogens with two attached hydrogens (primary N) is 1. The molecule has 2 unspecified atom stereocenters. The molecule has 0 aliphatic heterocycles. The van der Waals surface area contributed by atoms with Crippen molar-refractivity contribution < 1.29 is 9.72 Å². The van der Waals surface area contributed by atoms with Crippen LogP contribution < -0.4 is 11.1 Å². The summed E-state index contributed by atoms with van der Waals surface area (Å²) >= 11 is 0. The first kappa shape index (κ1) is 16.1. The summed E-state index contributed by atoms with van der Waals surface area (Å²) in [7, 11) is 0. The number of hydrogen-bond donors (Lipinski definition) is 2. The third-order valence-electron chi connectivity index (χ3n) is 3.34. The molecule has 0 saturated heterocycles. The molecule has 20 heavy (non-hydrogen) atoms. The summed E-state index contributed by atoms with van der Waals surface area (Å²) in [5.41, 5.74) is 6.31. The van der Waals surface area contributed by atoms with Crippen molar-refractivity contribution in [3.8, 4) is 0 Å². The largest absolute Gasteiger partial charge is 0.350 e. The first-order valence-electron chi connectivity index (χ1n) is 6.71. The number of non-ortho nitro benzene ring substituents is 1. The number of hydrogen-bond acceptors (Lipinski definition) is 4. The maximum Gasteiger partial charge on any atom is 0.269 e. The van der Waals surface area contributed by atoms with E-state index in [0.717, 1.165) is 6.42 Å². The Bertz CT molecular complexity index is 472. The molecule has 0 radical (unpaired) electrons. The van der Waals surface area contributed by atoms with Gasteiger partial charge in [0.1, 0.15) is 0 Å². The smallest absolute Gasteiger partial charge is 0.269 e. The lowest BCUT2D eigenvalue weighted by Crippen LogP contribution is -2.30. The molecule has 1 amide bonds. The molecule has 110 valence electrons. The van der Waals surface area contributed by atoms with Gasteiger partial charge in [-0.05, 0) is 24.9 Å². The van der Waals surface area contributed by atoms with Crippen molar-refractivity contribution in [1.82, 2.24) is 5.32 Å². The molecule has 1 aromatic rings. The Morgan fingerprint density at radius 2 is 2.20 bits per heavy atom. The van der Waals surface area contributed by atoms with Gasteiger partial charge in [-0.2, -0.15) is 0 Å². The fourth-order valence-electron chi connectivity index (χ4n) is 1.95. The van der Waals surface area contributed by atoms with Crippen LogP contribution in [-0.4, -0.2) is 17.4 Å². The fraction of sp³-hybridized carbons (Fsp3) is 0.500. The van der Waals surface area contributed by atoms with E-state index in [-0.39, 0.29) is 23.6 Å². The number of benzene rings is 1. The molecule has 1 aromatic carbocycles. The molecule has 0 fully saturated rings. The number of nitro benzene ring substituents is 1. The van der Waals surface area contributed by atoms with Crippen molar-refractivity contribution in [1.29, 1.82) is 0 Å². The van der Waals surface area contributed by atoms with Gasteiger partial charge in [-0.3, -0.25) is 14.9 Å². The lowest BCUT2D eigenvalue weighted by molar-refractivity contribution is -0.384. The van der Waals surface area contributed by atoms with E-state index in [1.807, 2.05) is 6.92 Å². The summed E-state index contributed by atoms with van der Waals surface area (Å²) in [6, 6.07) is 6.02. The normalized spacial score (nSPS) is 13.6. The Kier molecular flexibility index (Phi) is 6.11. The van der Waals surface area contributed by atoms with Crippen molar-refractivity contribution in [2.45, 2.75) is 32.7 Å². The summed E-state index contributed by atoms with van der Waals surface area (Å²) in [5, 5.41) is 13.6. The highest BCUT2D eigenvalue weighted by Gasteiger charge is 2.15. The maximum absolute atomic E-state index is 11.9. The second kappa shape index (κ2) is 7.59. The summed E-state index contributed by atoms with van der Waals surface area (Å²) < 4.78 is 0. The third-order valence-corrected chi connectivity index (χ3v) is 3.34. The minimum atomic E-state index is -0.445. The average molecular weight is 279 g/mol. The Morgan fingerprint density at radius 3 is 2.75 bits per heavy atom. The van der Waals surface area contributed by atoms with Gasteiger partial charge in [0.15, 0.2) is 0 Å². The molecule has 0 aliphatic carbocycles. The predicted octanol–water partition coefficient (Wildman–Crippen LogP) is 2.15. The Hall–Kier alpha value is -1.95. The van der Waals surface area contributed by atoms with Crippen molar-refractivity contribution in [3.05, 3.63) is 39.9 Å². The van der Waals surface area contributed by atoms with Gasteiger partial charge in [-0.1, -0.05) is 25.5 Å². The maximum atomic E-state index is 11.9. The summed E-state index contributed by atoms with van der Waals surface area (Å²) in [4.78, 5) is 22.2. The van der Waals surface area contributed by atoms with Crippen molar-refractivity contribution >= 4 is 11.6 Å². The average Bonchev–Trinajstić information content (AvgIpc) is 2.44. The van der Waals surface area contributed by atoms with E-state index in [0.29, 0.717) is 18.5 Å². The van der Waals surface area contributed by atoms with Gasteiger partial charge in [0.05, 0.1) is 11.0 Å². The van der Waals surface area contributed by atoms with E-state index in [2.05, 4.69) is 5.32 Å². The van der Waals surface area contributed by atoms with E-state index in [9.17, 15) is 14.9 Å². The molecule has 0 spiro atoms. The van der Waals surface area contributed by atoms with Gasteiger partial charge in [0.2, 0.25) is 5.91 Å². The first-order valence-corrected chi connectivity index (χ1v) is 6.71. The zero-order chi connectivity index (χ0) is 15.1. The number of carbonyl (C=O) groups excluding carboxylic acids is 1. The van der Waals surface area contributed by atoms with Crippen molar-refractivity contribution in [3.63, 3.8) is 0 Å². The van der Waals surface area contributed by atoms with Gasteiger partial charge in [-0.15, -0.1) is 0 Å². The van der Waals surface area contributed by atoms with E-state index in [1.165, 1.54) is 12.1 Å². The van der Waals surface area contributed by atoms with Crippen LogP contribution in [0.4, 0.5) is 5.69 Å². The molecule has 0 heterocycles. The molecule has 2 atom stereocenters. The van der Waals surface area contributed by atoms with Gasteiger partial charge in [0, 0.05) is 18.6 Å². The number of nitrogens with zero attached hydrogens (tertiary/aromatic N) is 1. The number of amides is 1. The fourth-order valence-corrected chi connectivity index (χ4v) is 1.95. The van der Waals surface area contributed by atoms with Crippen LogP contribution in [0.25, 0.3) is 0 Å². The van der Waals surface area contributed by atoms with Crippen LogP contribution in [-0.2, 0) is 4.79 Å². The number of nitro groups is 1. The lowest BCUT2D eigenvalue weighted by Gasteiger charge is -2.17. The molecule has 3 N–H and O–H groups in total. The summed E-state index contributed by atoms with van der Waals surface area (Å²) in [6.07, 6.45) is 1.24. The second-order valence-corrected chi connectivity index (χ2v) is 4.86. The Labute approximate surface area is 118 Å². The predicted molar refractivity (Wildman–Crippen MR) is 77.1 cm³/mol. The van der Waals surface area contributed by atoms with Crippen LogP contribution >= 0.6 is 0 Å². The second-order valence-electron chi connectivity index (χ2n) is 4.86. The molecule has 6 nitrogen and oxygen atoms in total. The third kappa shape index (κ3) is 4.62. The number of rotatable bonds is 7. The minimum Gasteiger partial charge on any atom is -0.350 e. The Morgan fingerprint density at radius 1 is 1.50 bits per heavy atom. The summed E-state index contributed by atoms with van der Waals surface area (Å²) in [6.45, 7) is 4.28. The van der Waals surface area contributed by atoms with E-state index >= 15 is 0 Å². The Balaban J connectivity index is 2.66. The monoisotopic (exact) mass is 279 g/mol. The highest BCUT2D eigenvalue weighted by molar-refractivity contribution is 5.76. The highest BCUT2D eigenvalue weighted by atomic mass is 16.6. The van der Waals surface area contributed by atoms with Crippen LogP contribution in [0.2, 0.25) is 0 Å². The van der Waals surface area contributed by atoms with Gasteiger partial charge in [0.25, 0.3) is 5.69 Å². The van der Waals surface area contributed by atoms with Crippen LogP contribution in [0.5, 0.6) is 0 Å². The van der Waals surface area contributed by atoms with Gasteiger partial charge in [-0.25, -0.2) is 0 Å². The molecule has 6 heteroatoms. The zero-order valence-electron chi connectivity index (χ0n) is 11.8. The molecular weight excluding hydrogens is 258 g/mol. The van der Waals surface area contributed by atoms with Crippen LogP contribution in [0, 0.1) is 16.0 Å². The van der Waals surface area contributed by atoms with E-state index in [1.54, 1.807) is 19.1 Å². The topological polar surface area (TPSA) is 98.3 Å². The molecule has 0 saturated carbocycles. The quantitative estimate of drug-likeness (QED) is 0.590. The van der Waals surface area contributed by atoms with E-state index < -0.39 is 4.92 Å². The molecular formula is C14H21N3O3. The van der Waals surface area contributed by atoms with E-state index in [4.69, 9.17) is 5.73 Å².